The molecule has 152 valence electrons. The van der Waals surface area contributed by atoms with E-state index in [1.807, 2.05) is 18.9 Å². The summed E-state index contributed by atoms with van der Waals surface area (Å²) in [4.78, 5) is 10.2. The molecule has 6 nitrogen and oxygen atoms in total. The van der Waals surface area contributed by atoms with Crippen LogP contribution in [-0.4, -0.2) is 48.9 Å². The summed E-state index contributed by atoms with van der Waals surface area (Å²) in [6, 6.07) is 3.48. The Morgan fingerprint density at radius 2 is 1.75 bits per heavy atom. The van der Waals surface area contributed by atoms with E-state index in [-0.39, 0.29) is 17.5 Å². The van der Waals surface area contributed by atoms with Crippen LogP contribution < -0.4 is 4.90 Å². The maximum Gasteiger partial charge on any atom is 0.416 e. The first-order valence-corrected chi connectivity index (χ1v) is 10.2. The van der Waals surface area contributed by atoms with Crippen LogP contribution >= 0.6 is 0 Å². The van der Waals surface area contributed by atoms with Gasteiger partial charge < -0.3 is 4.90 Å². The van der Waals surface area contributed by atoms with E-state index in [1.165, 1.54) is 4.31 Å². The summed E-state index contributed by atoms with van der Waals surface area (Å²) in [7, 11) is -2.07. The van der Waals surface area contributed by atoms with Gasteiger partial charge in [-0.05, 0) is 49.6 Å². The van der Waals surface area contributed by atoms with E-state index >= 15 is 0 Å². The van der Waals surface area contributed by atoms with E-state index in [0.717, 1.165) is 36.2 Å². The highest BCUT2D eigenvalue weighted by molar-refractivity contribution is 7.89. The molecule has 28 heavy (non-hydrogen) atoms. The van der Waals surface area contributed by atoms with Crippen molar-refractivity contribution in [1.29, 1.82) is 0 Å². The predicted octanol–water partition coefficient (Wildman–Crippen LogP) is 3.09. The zero-order valence-electron chi connectivity index (χ0n) is 15.5. The van der Waals surface area contributed by atoms with Crippen LogP contribution in [0, 0.1) is 6.92 Å². The van der Waals surface area contributed by atoms with E-state index in [4.69, 9.17) is 0 Å². The topological polar surface area (TPSA) is 66.4 Å². The van der Waals surface area contributed by atoms with Crippen LogP contribution in [0.4, 0.5) is 19.1 Å². The minimum atomic E-state index is -4.50. The van der Waals surface area contributed by atoms with Crippen LogP contribution in [0.1, 0.15) is 24.0 Å². The summed E-state index contributed by atoms with van der Waals surface area (Å²) in [5, 5.41) is 0. The lowest BCUT2D eigenvalue weighted by Gasteiger charge is -2.36. The molecule has 1 aromatic heterocycles. The lowest BCUT2D eigenvalue weighted by Crippen LogP contribution is -2.49. The van der Waals surface area contributed by atoms with E-state index in [1.54, 1.807) is 12.4 Å². The van der Waals surface area contributed by atoms with Gasteiger partial charge in [-0.1, -0.05) is 0 Å². The Morgan fingerprint density at radius 3 is 2.32 bits per heavy atom. The maximum atomic E-state index is 12.9. The van der Waals surface area contributed by atoms with Crippen molar-refractivity contribution < 1.29 is 21.6 Å². The van der Waals surface area contributed by atoms with Gasteiger partial charge in [-0.25, -0.2) is 18.4 Å². The summed E-state index contributed by atoms with van der Waals surface area (Å²) >= 11 is 0. The second kappa shape index (κ2) is 7.67. The molecule has 0 spiro atoms. The van der Waals surface area contributed by atoms with Crippen LogP contribution in [0.3, 0.4) is 0 Å². The van der Waals surface area contributed by atoms with E-state index in [0.29, 0.717) is 18.9 Å². The van der Waals surface area contributed by atoms with Gasteiger partial charge >= 0.3 is 6.18 Å². The van der Waals surface area contributed by atoms with Crippen molar-refractivity contribution in [3.63, 3.8) is 0 Å². The summed E-state index contributed by atoms with van der Waals surface area (Å²) < 4.78 is 65.3. The fraction of sp³-hybridized carbons (Fsp3) is 0.444. The maximum absolute atomic E-state index is 12.9. The number of likely N-dealkylation sites (N-methyl/N-ethyl adjacent to an activating group) is 1. The number of hydrogen-bond acceptors (Lipinski definition) is 5. The lowest BCUT2D eigenvalue weighted by molar-refractivity contribution is -0.137. The number of rotatable bonds is 4. The van der Waals surface area contributed by atoms with Crippen molar-refractivity contribution >= 4 is 16.0 Å². The van der Waals surface area contributed by atoms with Crippen LogP contribution in [0.15, 0.2) is 41.6 Å². The molecule has 3 rings (SSSR count). The minimum absolute atomic E-state index is 0.124. The second-order valence-corrected chi connectivity index (χ2v) is 8.79. The molecule has 1 aliphatic heterocycles. The molecule has 0 aliphatic carbocycles. The Bertz CT molecular complexity index is 915. The van der Waals surface area contributed by atoms with Crippen LogP contribution in [0.25, 0.3) is 0 Å². The van der Waals surface area contributed by atoms with Crippen molar-refractivity contribution in [3.05, 3.63) is 47.8 Å². The van der Waals surface area contributed by atoms with Gasteiger partial charge in [0.1, 0.15) is 0 Å². The van der Waals surface area contributed by atoms with E-state index in [9.17, 15) is 21.6 Å². The molecule has 1 atom stereocenters. The largest absolute Gasteiger partial charge is 0.416 e. The van der Waals surface area contributed by atoms with Crippen molar-refractivity contribution in [2.45, 2.75) is 36.9 Å². The number of alkyl halides is 3. The number of aromatic nitrogens is 2. The zero-order valence-corrected chi connectivity index (χ0v) is 16.3. The summed E-state index contributed by atoms with van der Waals surface area (Å²) in [6.07, 6.45) is 0.291. The Kier molecular flexibility index (Phi) is 5.62. The molecule has 10 heteroatoms. The first-order chi connectivity index (χ1) is 13.1. The first kappa shape index (κ1) is 20.5. The molecule has 0 saturated carbocycles. The smallest absolute Gasteiger partial charge is 0.340 e. The monoisotopic (exact) mass is 414 g/mol. The number of hydrogen-bond donors (Lipinski definition) is 0. The molecule has 2 heterocycles. The third-order valence-corrected chi connectivity index (χ3v) is 6.69. The zero-order chi connectivity index (χ0) is 20.5. The summed E-state index contributed by atoms with van der Waals surface area (Å²) in [5.74, 6) is 0.504. The SMILES string of the molecule is Cc1cnc(N(C)C2CCCN(S(=O)(=O)c3ccc(C(F)(F)F)cc3)C2)nc1. The molecule has 1 saturated heterocycles. The molecule has 2 aromatic rings. The molecular weight excluding hydrogens is 393 g/mol. The lowest BCUT2D eigenvalue weighted by atomic mass is 10.1. The number of nitrogens with zero attached hydrogens (tertiary/aromatic N) is 4. The van der Waals surface area contributed by atoms with Gasteiger partial charge in [0.15, 0.2) is 0 Å². The molecule has 0 amide bonds. The van der Waals surface area contributed by atoms with Gasteiger partial charge in [-0.15, -0.1) is 0 Å². The van der Waals surface area contributed by atoms with Gasteiger partial charge in [-0.3, -0.25) is 0 Å². The van der Waals surface area contributed by atoms with E-state index in [2.05, 4.69) is 9.97 Å². The third kappa shape index (κ3) is 4.27. The van der Waals surface area contributed by atoms with Crippen LogP contribution in [0.2, 0.25) is 0 Å². The van der Waals surface area contributed by atoms with Gasteiger partial charge in [0.2, 0.25) is 16.0 Å². The average Bonchev–Trinajstić information content (AvgIpc) is 2.67. The Balaban J connectivity index is 1.78. The number of aryl methyl sites for hydroxylation is 1. The highest BCUT2D eigenvalue weighted by Crippen LogP contribution is 2.31. The Morgan fingerprint density at radius 1 is 1.14 bits per heavy atom. The van der Waals surface area contributed by atoms with Crippen molar-refractivity contribution in [2.24, 2.45) is 0 Å². The molecular formula is C18H21F3N4O2S. The summed E-state index contributed by atoms with van der Waals surface area (Å²) in [5.41, 5.74) is 0.0477. The van der Waals surface area contributed by atoms with E-state index < -0.39 is 21.8 Å². The number of benzene rings is 1. The number of sulfonamides is 1. The van der Waals surface area contributed by atoms with Gasteiger partial charge in [0.05, 0.1) is 10.5 Å². The Hall–Kier alpha value is -2.20. The molecule has 0 radical (unpaired) electrons. The normalized spacial score (nSPS) is 18.8. The first-order valence-electron chi connectivity index (χ1n) is 8.78. The second-order valence-electron chi connectivity index (χ2n) is 6.85. The highest BCUT2D eigenvalue weighted by Gasteiger charge is 2.34. The molecule has 1 unspecified atom stereocenters. The van der Waals surface area contributed by atoms with Crippen LogP contribution in [0.5, 0.6) is 0 Å². The van der Waals surface area contributed by atoms with Gasteiger partial charge in [0, 0.05) is 38.6 Å². The number of anilines is 1. The van der Waals surface area contributed by atoms with Crippen molar-refractivity contribution in [1.82, 2.24) is 14.3 Å². The van der Waals surface area contributed by atoms with Gasteiger partial charge in [0.25, 0.3) is 0 Å². The quantitative estimate of drug-likeness (QED) is 0.769. The van der Waals surface area contributed by atoms with Gasteiger partial charge in [-0.2, -0.15) is 17.5 Å². The number of halogens is 3. The fourth-order valence-electron chi connectivity index (χ4n) is 3.15. The molecule has 1 fully saturated rings. The van der Waals surface area contributed by atoms with Crippen LogP contribution in [-0.2, 0) is 16.2 Å². The molecule has 0 bridgehead atoms. The molecule has 1 aromatic carbocycles. The molecule has 1 aliphatic rings. The highest BCUT2D eigenvalue weighted by atomic mass is 32.2. The van der Waals surface area contributed by atoms with Crippen molar-refractivity contribution in [3.8, 4) is 0 Å². The predicted molar refractivity (Wildman–Crippen MR) is 98.4 cm³/mol. The summed E-state index contributed by atoms with van der Waals surface area (Å²) in [6.45, 7) is 2.42. The molecule has 0 N–H and O–H groups in total. The Labute approximate surface area is 162 Å². The standard InChI is InChI=1S/C18H21F3N4O2S/c1-13-10-22-17(23-11-13)24(2)15-4-3-9-25(12-15)28(26,27)16-7-5-14(6-8-16)18(19,20)21/h5-8,10-11,15H,3-4,9,12H2,1-2H3. The fourth-order valence-corrected chi connectivity index (χ4v) is 4.67. The van der Waals surface area contributed by atoms with Crippen molar-refractivity contribution in [2.75, 3.05) is 25.0 Å². The minimum Gasteiger partial charge on any atom is -0.340 e. The number of piperidine rings is 1. The third-order valence-electron chi connectivity index (χ3n) is 4.81. The average molecular weight is 414 g/mol.